The third kappa shape index (κ3) is 17.5. The minimum atomic E-state index is -0.667. The quantitative estimate of drug-likeness (QED) is 0.0763. The molecule has 0 spiro atoms. The molecule has 5 aliphatic rings. The summed E-state index contributed by atoms with van der Waals surface area (Å²) in [5.41, 5.74) is 0. The SMILES string of the molecule is COC1CCCCC1OC(=O)CCC(=O)OC1CCCCC1OC(C)=O.O=C1CCC(=O)O1.[B]B([B])B(B([B])[B])B([B])[B].[CH+]1CCCC2OC12. The number of fused-ring (bicyclic) bond motifs is 1. The van der Waals surface area contributed by atoms with Gasteiger partial charge in [0.2, 0.25) is 6.10 Å². The molecule has 254 valence electrons. The third-order valence-electron chi connectivity index (χ3n) is 8.81. The van der Waals surface area contributed by atoms with Gasteiger partial charge >= 0.3 is 29.8 Å². The molecule has 0 bridgehead atoms. The number of methoxy groups -OCH3 is 1. The fraction of sp³-hybridized carbons (Fsp3) is 0.793. The van der Waals surface area contributed by atoms with Crippen LogP contribution in [0.5, 0.6) is 0 Å². The maximum absolute atomic E-state index is 12.1. The molecular weight excluding hydrogens is 632 g/mol. The van der Waals surface area contributed by atoms with E-state index in [-0.39, 0.29) is 50.0 Å². The monoisotopic (exact) mass is 677 g/mol. The zero-order chi connectivity index (χ0) is 37.2. The van der Waals surface area contributed by atoms with E-state index in [9.17, 15) is 24.0 Å². The standard InChI is InChI=1S/C19H30O7.C6H9O.C4H4O3.B10/c1-13(20)24-16-9-5-6-10-17(16)26-19(22)12-11-18(21)25-15-8-4-3-7-14(15)23-2;1-2-4-6-5(3-1)7-6;5-3-1-2-4(6)7-3;1-7(2)10(8(3)4)9(5)6/h14-17H,3-12H2,1-2H3;3,5-6H,1-2,4H2;1-2H2;/q;+1;;. The van der Waals surface area contributed by atoms with Crippen LogP contribution in [-0.2, 0) is 52.4 Å². The molecule has 5 fully saturated rings. The van der Waals surface area contributed by atoms with Crippen molar-refractivity contribution in [2.75, 3.05) is 7.11 Å². The lowest BCUT2D eigenvalue weighted by atomic mass is 8.58. The van der Waals surface area contributed by atoms with Gasteiger partial charge in [0.05, 0.1) is 38.2 Å². The predicted molar refractivity (Wildman–Crippen MR) is 197 cm³/mol. The summed E-state index contributed by atoms with van der Waals surface area (Å²) in [5.74, 6) is -2.04. The van der Waals surface area contributed by atoms with E-state index < -0.39 is 55.5 Å². The Labute approximate surface area is 306 Å². The number of hydrogen-bond acceptors (Lipinski definition) is 11. The number of carbonyl (C=O) groups is 5. The van der Waals surface area contributed by atoms with Gasteiger partial charge in [-0.1, -0.05) is 6.42 Å². The lowest BCUT2D eigenvalue weighted by Gasteiger charge is -2.30. The van der Waals surface area contributed by atoms with Gasteiger partial charge in [-0.3, -0.25) is 24.0 Å². The molecule has 50 heavy (non-hydrogen) atoms. The number of carbonyl (C=O) groups excluding carboxylic acids is 5. The van der Waals surface area contributed by atoms with E-state index in [1.807, 2.05) is 0 Å². The second kappa shape index (κ2) is 23.5. The third-order valence-corrected chi connectivity index (χ3v) is 8.81. The van der Waals surface area contributed by atoms with E-state index in [0.29, 0.717) is 25.0 Å². The average molecular weight is 676 g/mol. The van der Waals surface area contributed by atoms with Crippen molar-refractivity contribution in [2.45, 2.75) is 140 Å². The minimum Gasteiger partial charge on any atom is -0.460 e. The van der Waals surface area contributed by atoms with Gasteiger partial charge in [-0.15, -0.1) is 0 Å². The first-order chi connectivity index (χ1) is 23.7. The fourth-order valence-electron chi connectivity index (χ4n) is 6.07. The van der Waals surface area contributed by atoms with E-state index in [2.05, 4.69) is 11.2 Å². The van der Waals surface area contributed by atoms with Crippen molar-refractivity contribution >= 4 is 102 Å². The fourth-order valence-corrected chi connectivity index (χ4v) is 6.07. The molecule has 2 aliphatic heterocycles. The van der Waals surface area contributed by atoms with Crippen LogP contribution in [0.4, 0.5) is 0 Å². The maximum Gasteiger partial charge on any atom is 0.314 e. The second-order valence-electron chi connectivity index (χ2n) is 13.0. The Bertz CT molecular complexity index is 1040. The summed E-state index contributed by atoms with van der Waals surface area (Å²) in [6, 6.07) is 0. The number of hydrogen-bond donors (Lipinski definition) is 0. The first-order valence-electron chi connectivity index (χ1n) is 17.6. The van der Waals surface area contributed by atoms with Gasteiger partial charge in [0.25, 0.3) is 0 Å². The van der Waals surface area contributed by atoms with Gasteiger partial charge in [-0.25, -0.2) is 0 Å². The summed E-state index contributed by atoms with van der Waals surface area (Å²) in [7, 11) is 33.4. The Hall–Kier alpha value is -2.01. The molecule has 3 aliphatic carbocycles. The summed E-state index contributed by atoms with van der Waals surface area (Å²) in [6.07, 6.45) is 11.4. The van der Waals surface area contributed by atoms with Crippen LogP contribution in [0.2, 0.25) is 0 Å². The highest BCUT2D eigenvalue weighted by Gasteiger charge is 2.48. The average Bonchev–Trinajstić information content (AvgIpc) is 3.75. The largest absolute Gasteiger partial charge is 0.460 e. The van der Waals surface area contributed by atoms with Crippen LogP contribution in [0.25, 0.3) is 0 Å². The lowest BCUT2D eigenvalue weighted by molar-refractivity contribution is -0.172. The van der Waals surface area contributed by atoms with Gasteiger partial charge in [0.1, 0.15) is 30.8 Å². The van der Waals surface area contributed by atoms with Crippen molar-refractivity contribution in [3.63, 3.8) is 0 Å². The van der Waals surface area contributed by atoms with Gasteiger partial charge in [0, 0.05) is 86.0 Å². The molecule has 6 atom stereocenters. The maximum atomic E-state index is 12.1. The van der Waals surface area contributed by atoms with Crippen molar-refractivity contribution in [2.24, 2.45) is 0 Å². The van der Waals surface area contributed by atoms with Crippen molar-refractivity contribution in [1.82, 2.24) is 0 Å². The Morgan fingerprint density at radius 3 is 1.46 bits per heavy atom. The van der Waals surface area contributed by atoms with E-state index >= 15 is 0 Å². The molecule has 0 N–H and O–H groups in total. The van der Waals surface area contributed by atoms with Crippen molar-refractivity contribution in [1.29, 1.82) is 0 Å². The van der Waals surface area contributed by atoms with Crippen LogP contribution in [0.1, 0.15) is 103 Å². The molecule has 0 aromatic heterocycles. The molecule has 5 rings (SSSR count). The molecule has 2 saturated heterocycles. The second-order valence-corrected chi connectivity index (χ2v) is 13.0. The lowest BCUT2D eigenvalue weighted by Crippen LogP contribution is -2.62. The molecule has 0 aromatic carbocycles. The Morgan fingerprint density at radius 2 is 1.14 bits per heavy atom. The molecule has 21 heteroatoms. The van der Waals surface area contributed by atoms with Crippen LogP contribution in [0.3, 0.4) is 0 Å². The molecule has 12 radical (unpaired) electrons. The summed E-state index contributed by atoms with van der Waals surface area (Å²) < 4.78 is 30.8. The van der Waals surface area contributed by atoms with Crippen LogP contribution in [0.15, 0.2) is 0 Å². The smallest absolute Gasteiger partial charge is 0.314 e. The van der Waals surface area contributed by atoms with Gasteiger partial charge < -0.3 is 28.4 Å². The summed E-state index contributed by atoms with van der Waals surface area (Å²) in [6.45, 7) is 1.35. The highest BCUT2D eigenvalue weighted by Crippen LogP contribution is 2.35. The van der Waals surface area contributed by atoms with E-state index in [0.717, 1.165) is 38.5 Å². The number of esters is 5. The number of ether oxygens (including phenoxy) is 6. The van der Waals surface area contributed by atoms with Crippen LogP contribution >= 0.6 is 0 Å². The van der Waals surface area contributed by atoms with Crippen LogP contribution in [-0.4, -0.2) is 146 Å². The molecular formula is C29H43B10O11+. The van der Waals surface area contributed by atoms with E-state index in [4.69, 9.17) is 70.1 Å². The molecule has 6 unspecified atom stereocenters. The van der Waals surface area contributed by atoms with Crippen molar-refractivity contribution in [3.05, 3.63) is 6.42 Å². The summed E-state index contributed by atoms with van der Waals surface area (Å²) in [4.78, 5) is 55.3. The van der Waals surface area contributed by atoms with Gasteiger partial charge in [-0.05, 0) is 57.8 Å². The molecule has 0 aromatic rings. The highest BCUT2D eigenvalue weighted by molar-refractivity contribution is 8.00. The molecule has 0 amide bonds. The van der Waals surface area contributed by atoms with E-state index in [1.165, 1.54) is 26.2 Å². The number of cyclic esters (lactones) is 2. The first kappa shape index (κ1) is 44.2. The zero-order valence-corrected chi connectivity index (χ0v) is 29.4. The summed E-state index contributed by atoms with van der Waals surface area (Å²) >= 11 is 0. The molecule has 11 nitrogen and oxygen atoms in total. The number of epoxide rings is 1. The normalized spacial score (nSPS) is 26.0. The highest BCUT2D eigenvalue weighted by atomic mass is 16.6. The van der Waals surface area contributed by atoms with Gasteiger partial charge in [0.15, 0.2) is 0 Å². The molecule has 2 heterocycles. The van der Waals surface area contributed by atoms with Crippen LogP contribution < -0.4 is 0 Å². The zero-order valence-electron chi connectivity index (χ0n) is 29.4. The first-order valence-corrected chi connectivity index (χ1v) is 17.6. The van der Waals surface area contributed by atoms with Gasteiger partial charge in [-0.2, -0.15) is 0 Å². The number of rotatable bonds is 10. The van der Waals surface area contributed by atoms with Crippen molar-refractivity contribution < 1.29 is 52.4 Å². The Kier molecular flexibility index (Phi) is 20.8. The molecule has 3 saturated carbocycles. The Balaban J connectivity index is 0.000000289. The topological polar surface area (TPSA) is 144 Å². The van der Waals surface area contributed by atoms with Crippen LogP contribution in [0, 0.1) is 6.42 Å². The van der Waals surface area contributed by atoms with E-state index in [1.54, 1.807) is 7.11 Å². The Morgan fingerprint density at radius 1 is 0.700 bits per heavy atom. The van der Waals surface area contributed by atoms with Crippen molar-refractivity contribution in [3.8, 4) is 0 Å². The minimum absolute atomic E-state index is 0.0171. The summed E-state index contributed by atoms with van der Waals surface area (Å²) in [5, 5.41) is 0. The predicted octanol–water partition coefficient (Wildman–Crippen LogP) is -0.131.